The molecule has 6 nitrogen and oxygen atoms in total. The maximum Gasteiger partial charge on any atom is 0.305 e. The molecule has 1 amide bonds. The van der Waals surface area contributed by atoms with Crippen molar-refractivity contribution in [3.63, 3.8) is 0 Å². The van der Waals surface area contributed by atoms with Crippen molar-refractivity contribution in [2.45, 2.75) is 334 Å². The van der Waals surface area contributed by atoms with Crippen LogP contribution in [0.1, 0.15) is 322 Å². The Morgan fingerprint density at radius 1 is 0.412 bits per heavy atom. The second-order valence-electron chi connectivity index (χ2n) is 20.7. The summed E-state index contributed by atoms with van der Waals surface area (Å²) in [6.45, 7) is 4.86. The van der Waals surface area contributed by atoms with E-state index in [0.29, 0.717) is 19.4 Å². The van der Waals surface area contributed by atoms with Gasteiger partial charge in [0.1, 0.15) is 0 Å². The van der Waals surface area contributed by atoms with Gasteiger partial charge in [0.05, 0.1) is 25.4 Å². The Morgan fingerprint density at radius 2 is 0.735 bits per heavy atom. The van der Waals surface area contributed by atoms with Crippen molar-refractivity contribution in [2.75, 3.05) is 13.2 Å². The third-order valence-electron chi connectivity index (χ3n) is 13.9. The molecule has 2 unspecified atom stereocenters. The Balaban J connectivity index is 3.34. The van der Waals surface area contributed by atoms with Gasteiger partial charge in [-0.25, -0.2) is 0 Å². The molecule has 400 valence electrons. The zero-order valence-electron chi connectivity index (χ0n) is 45.6. The smallest absolute Gasteiger partial charge is 0.305 e. The number of unbranched alkanes of at least 4 members (excludes halogenated alkanes) is 41. The summed E-state index contributed by atoms with van der Waals surface area (Å²) in [5, 5.41) is 22.9. The van der Waals surface area contributed by atoms with Crippen molar-refractivity contribution in [3.8, 4) is 0 Å². The van der Waals surface area contributed by atoms with E-state index in [2.05, 4.69) is 43.5 Å². The quantitative estimate of drug-likeness (QED) is 0.0321. The van der Waals surface area contributed by atoms with Crippen LogP contribution in [0.3, 0.4) is 0 Å². The fourth-order valence-electron chi connectivity index (χ4n) is 9.25. The van der Waals surface area contributed by atoms with Crippen LogP contribution in [0.4, 0.5) is 0 Å². The topological polar surface area (TPSA) is 95.9 Å². The average molecular weight is 957 g/mol. The van der Waals surface area contributed by atoms with Gasteiger partial charge in [0.2, 0.25) is 5.91 Å². The second-order valence-corrected chi connectivity index (χ2v) is 20.7. The van der Waals surface area contributed by atoms with Gasteiger partial charge < -0.3 is 20.3 Å². The molecule has 0 bridgehead atoms. The molecule has 6 heteroatoms. The van der Waals surface area contributed by atoms with Crippen LogP contribution in [-0.4, -0.2) is 47.4 Å². The molecule has 0 aromatic rings. The number of hydrogen-bond acceptors (Lipinski definition) is 5. The summed E-state index contributed by atoms with van der Waals surface area (Å²) in [5.74, 6) is -0.0608. The zero-order valence-corrected chi connectivity index (χ0v) is 45.6. The highest BCUT2D eigenvalue weighted by Crippen LogP contribution is 2.17. The molecule has 68 heavy (non-hydrogen) atoms. The molecule has 2 atom stereocenters. The largest absolute Gasteiger partial charge is 0.466 e. The number of carbonyl (C=O) groups excluding carboxylic acids is 2. The maximum atomic E-state index is 12.4. The summed E-state index contributed by atoms with van der Waals surface area (Å²) in [4.78, 5) is 24.5. The van der Waals surface area contributed by atoms with Crippen molar-refractivity contribution in [2.24, 2.45) is 0 Å². The van der Waals surface area contributed by atoms with E-state index >= 15 is 0 Å². The first-order valence-electron chi connectivity index (χ1n) is 30.3. The van der Waals surface area contributed by atoms with E-state index in [1.54, 1.807) is 6.08 Å². The van der Waals surface area contributed by atoms with Crippen molar-refractivity contribution in [3.05, 3.63) is 36.5 Å². The van der Waals surface area contributed by atoms with Crippen molar-refractivity contribution in [1.29, 1.82) is 0 Å². The van der Waals surface area contributed by atoms with Crippen molar-refractivity contribution >= 4 is 11.9 Å². The van der Waals surface area contributed by atoms with E-state index in [1.165, 1.54) is 244 Å². The summed E-state index contributed by atoms with van der Waals surface area (Å²) >= 11 is 0. The fourth-order valence-corrected chi connectivity index (χ4v) is 9.25. The lowest BCUT2D eigenvalue weighted by Crippen LogP contribution is -2.45. The minimum absolute atomic E-state index is 0.00791. The molecule has 0 radical (unpaired) electrons. The number of hydrogen-bond donors (Lipinski definition) is 3. The monoisotopic (exact) mass is 956 g/mol. The Kier molecular flexibility index (Phi) is 56.0. The first-order chi connectivity index (χ1) is 33.5. The number of esters is 1. The standard InChI is InChI=1S/C62H117NO5/c1-3-5-7-9-11-13-14-15-16-26-30-33-36-40-44-48-52-56-62(67)68-57-53-49-45-41-37-34-31-28-25-23-21-19-17-18-20-22-24-27-29-32-35-39-43-47-51-55-61(66)63-59(58-64)60(65)54-50-46-42-38-12-10-8-6-4-2/h11,13,15-16,50,54,59-60,64-65H,3-10,12,14,17-49,51-53,55-58H2,1-2H3,(H,63,66)/b13-11-,16-15-,54-50+. The molecule has 0 aliphatic heterocycles. The van der Waals surface area contributed by atoms with Crippen LogP contribution in [0.2, 0.25) is 0 Å². The number of allylic oxidation sites excluding steroid dienone is 5. The van der Waals surface area contributed by atoms with Crippen LogP contribution < -0.4 is 5.32 Å². The first-order valence-corrected chi connectivity index (χ1v) is 30.3. The van der Waals surface area contributed by atoms with E-state index in [1.807, 2.05) is 6.08 Å². The normalized spacial score (nSPS) is 12.8. The van der Waals surface area contributed by atoms with Gasteiger partial charge in [-0.15, -0.1) is 0 Å². The van der Waals surface area contributed by atoms with Crippen LogP contribution >= 0.6 is 0 Å². The third-order valence-corrected chi connectivity index (χ3v) is 13.9. The van der Waals surface area contributed by atoms with Gasteiger partial charge in [-0.05, 0) is 64.2 Å². The Hall–Kier alpha value is -1.92. The first kappa shape index (κ1) is 66.1. The second kappa shape index (κ2) is 57.7. The third kappa shape index (κ3) is 53.4. The number of amides is 1. The van der Waals surface area contributed by atoms with Gasteiger partial charge in [0.15, 0.2) is 0 Å². The molecular formula is C62H117NO5. The minimum atomic E-state index is -0.841. The Morgan fingerprint density at radius 3 is 1.15 bits per heavy atom. The molecule has 0 saturated heterocycles. The predicted octanol–water partition coefficient (Wildman–Crippen LogP) is 18.8. The lowest BCUT2D eigenvalue weighted by Gasteiger charge is -2.20. The van der Waals surface area contributed by atoms with Crippen LogP contribution in [0.15, 0.2) is 36.5 Å². The summed E-state index contributed by atoms with van der Waals surface area (Å²) in [7, 11) is 0. The molecule has 0 rings (SSSR count). The lowest BCUT2D eigenvalue weighted by molar-refractivity contribution is -0.143. The van der Waals surface area contributed by atoms with E-state index in [-0.39, 0.29) is 18.5 Å². The fraction of sp³-hybridized carbons (Fsp3) is 0.871. The summed E-state index contributed by atoms with van der Waals surface area (Å²) in [5.41, 5.74) is 0. The molecule has 0 fully saturated rings. The van der Waals surface area contributed by atoms with E-state index in [4.69, 9.17) is 4.74 Å². The van der Waals surface area contributed by atoms with Crippen molar-refractivity contribution < 1.29 is 24.5 Å². The highest BCUT2D eigenvalue weighted by atomic mass is 16.5. The number of aliphatic hydroxyl groups excluding tert-OH is 2. The molecular weight excluding hydrogens is 839 g/mol. The van der Waals surface area contributed by atoms with E-state index in [0.717, 1.165) is 51.4 Å². The van der Waals surface area contributed by atoms with E-state index in [9.17, 15) is 19.8 Å². The Bertz CT molecular complexity index is 1100. The molecule has 0 aromatic carbocycles. The zero-order chi connectivity index (χ0) is 49.3. The number of carbonyl (C=O) groups is 2. The van der Waals surface area contributed by atoms with Crippen LogP contribution in [0, 0.1) is 0 Å². The van der Waals surface area contributed by atoms with E-state index < -0.39 is 12.1 Å². The maximum absolute atomic E-state index is 12.4. The highest BCUT2D eigenvalue weighted by molar-refractivity contribution is 5.76. The van der Waals surface area contributed by atoms with Crippen LogP contribution in [0.5, 0.6) is 0 Å². The summed E-state index contributed by atoms with van der Waals surface area (Å²) in [6, 6.07) is -0.624. The van der Waals surface area contributed by atoms with Gasteiger partial charge in [-0.3, -0.25) is 9.59 Å². The predicted molar refractivity (Wildman–Crippen MR) is 296 cm³/mol. The van der Waals surface area contributed by atoms with Gasteiger partial charge in [0, 0.05) is 12.8 Å². The minimum Gasteiger partial charge on any atom is -0.466 e. The molecule has 3 N–H and O–H groups in total. The number of nitrogens with one attached hydrogen (secondary N) is 1. The molecule has 0 heterocycles. The highest BCUT2D eigenvalue weighted by Gasteiger charge is 2.18. The van der Waals surface area contributed by atoms with Gasteiger partial charge >= 0.3 is 5.97 Å². The Labute approximate surface area is 424 Å². The van der Waals surface area contributed by atoms with Crippen LogP contribution in [-0.2, 0) is 14.3 Å². The van der Waals surface area contributed by atoms with Gasteiger partial charge in [-0.2, -0.15) is 0 Å². The molecule has 0 aliphatic carbocycles. The van der Waals surface area contributed by atoms with Crippen LogP contribution in [0.25, 0.3) is 0 Å². The molecule has 0 aliphatic rings. The lowest BCUT2D eigenvalue weighted by atomic mass is 10.0. The summed E-state index contributed by atoms with van der Waals surface area (Å²) in [6.07, 6.45) is 71.9. The summed E-state index contributed by atoms with van der Waals surface area (Å²) < 4.78 is 5.49. The SMILES string of the molecule is CCCCC/C=C\C/C=C\CCCCCCCCCC(=O)OCCCCCCCCCCCCCCCCCCCCCCCCCCCC(=O)NC(CO)C(O)/C=C/CCCCCCCCC. The number of ether oxygens (including phenoxy) is 1. The number of rotatable bonds is 56. The van der Waals surface area contributed by atoms with Gasteiger partial charge in [0.25, 0.3) is 0 Å². The number of aliphatic hydroxyl groups is 2. The molecule has 0 aromatic heterocycles. The molecule has 0 spiro atoms. The van der Waals surface area contributed by atoms with Crippen molar-refractivity contribution in [1.82, 2.24) is 5.32 Å². The molecule has 0 saturated carbocycles. The van der Waals surface area contributed by atoms with Gasteiger partial charge in [-0.1, -0.05) is 281 Å². The average Bonchev–Trinajstić information content (AvgIpc) is 3.34.